The number of aromatic amines is 1. The van der Waals surface area contributed by atoms with Gasteiger partial charge in [0.1, 0.15) is 5.69 Å². The number of esters is 1. The molecule has 1 heterocycles. The second-order valence-electron chi connectivity index (χ2n) is 3.37. The second kappa shape index (κ2) is 3.24. The fourth-order valence-corrected chi connectivity index (χ4v) is 1.90. The Morgan fingerprint density at radius 1 is 1.46 bits per heavy atom. The summed E-state index contributed by atoms with van der Waals surface area (Å²) in [5, 5.41) is 0. The Kier molecular flexibility index (Phi) is 2.08. The van der Waals surface area contributed by atoms with E-state index in [4.69, 9.17) is 4.74 Å². The minimum Gasteiger partial charge on any atom is -0.464 e. The number of hydrogen-bond acceptors (Lipinski definition) is 2. The van der Waals surface area contributed by atoms with Crippen LogP contribution in [0.3, 0.4) is 0 Å². The number of fused-ring (bicyclic) bond motifs is 1. The third-order valence-electron chi connectivity index (χ3n) is 2.59. The Bertz CT molecular complexity index is 328. The molecule has 0 spiro atoms. The van der Waals surface area contributed by atoms with E-state index < -0.39 is 0 Å². The van der Waals surface area contributed by atoms with Crippen LogP contribution in [-0.4, -0.2) is 18.1 Å². The number of ether oxygens (including phenoxy) is 1. The van der Waals surface area contributed by atoms with Crippen molar-refractivity contribution in [3.63, 3.8) is 0 Å². The number of hydrogen-bond donors (Lipinski definition) is 1. The Morgan fingerprint density at radius 2 is 2.23 bits per heavy atom. The Balaban J connectivity index is 2.36. The van der Waals surface area contributed by atoms with Crippen LogP contribution in [0.4, 0.5) is 0 Å². The lowest BCUT2D eigenvalue weighted by Gasteiger charge is -2.11. The lowest BCUT2D eigenvalue weighted by Crippen LogP contribution is -2.08. The quantitative estimate of drug-likeness (QED) is 0.666. The monoisotopic (exact) mass is 179 g/mol. The molecule has 3 heteroatoms. The van der Waals surface area contributed by atoms with Crippen molar-refractivity contribution in [1.82, 2.24) is 4.98 Å². The van der Waals surface area contributed by atoms with Crippen molar-refractivity contribution in [1.29, 1.82) is 0 Å². The maximum Gasteiger partial charge on any atom is 0.354 e. The molecule has 70 valence electrons. The first-order chi connectivity index (χ1) is 6.33. The molecule has 0 aromatic carbocycles. The first kappa shape index (κ1) is 8.35. The fraction of sp³-hybridized carbons (Fsp3) is 0.500. The number of aryl methyl sites for hydroxylation is 1. The largest absolute Gasteiger partial charge is 0.464 e. The highest BCUT2D eigenvalue weighted by molar-refractivity contribution is 5.89. The van der Waals surface area contributed by atoms with Gasteiger partial charge in [-0.25, -0.2) is 4.79 Å². The minimum absolute atomic E-state index is 0.247. The molecule has 0 atom stereocenters. The zero-order chi connectivity index (χ0) is 9.26. The van der Waals surface area contributed by atoms with Crippen LogP contribution in [0, 0.1) is 0 Å². The number of carbonyl (C=O) groups excluding carboxylic acids is 1. The molecule has 0 radical (unpaired) electrons. The van der Waals surface area contributed by atoms with Gasteiger partial charge in [0.25, 0.3) is 0 Å². The van der Waals surface area contributed by atoms with Crippen molar-refractivity contribution >= 4 is 5.97 Å². The molecule has 2 rings (SSSR count). The third kappa shape index (κ3) is 1.34. The summed E-state index contributed by atoms with van der Waals surface area (Å²) in [7, 11) is 1.42. The molecule has 1 aliphatic rings. The van der Waals surface area contributed by atoms with Crippen LogP contribution in [0.15, 0.2) is 6.20 Å². The summed E-state index contributed by atoms with van der Waals surface area (Å²) < 4.78 is 4.69. The standard InChI is InChI=1S/C10H13NO2/c1-13-10(12)9-8-5-3-2-4-7(8)6-11-9/h6,11H,2-5H2,1H3. The van der Waals surface area contributed by atoms with Crippen LogP contribution in [0.1, 0.15) is 34.5 Å². The molecule has 0 saturated heterocycles. The van der Waals surface area contributed by atoms with E-state index in [1.807, 2.05) is 6.20 Å². The van der Waals surface area contributed by atoms with Crippen molar-refractivity contribution in [2.75, 3.05) is 7.11 Å². The van der Waals surface area contributed by atoms with E-state index in [1.54, 1.807) is 0 Å². The summed E-state index contributed by atoms with van der Waals surface area (Å²) in [6.07, 6.45) is 6.42. The van der Waals surface area contributed by atoms with Gasteiger partial charge in [-0.3, -0.25) is 0 Å². The number of methoxy groups -OCH3 is 1. The molecule has 13 heavy (non-hydrogen) atoms. The molecule has 3 nitrogen and oxygen atoms in total. The fourth-order valence-electron chi connectivity index (χ4n) is 1.90. The van der Waals surface area contributed by atoms with Gasteiger partial charge in [-0.2, -0.15) is 0 Å². The highest BCUT2D eigenvalue weighted by Gasteiger charge is 2.19. The molecule has 1 aromatic rings. The zero-order valence-electron chi connectivity index (χ0n) is 7.72. The molecule has 0 aliphatic heterocycles. The minimum atomic E-state index is -0.247. The average Bonchev–Trinajstić information content (AvgIpc) is 2.60. The number of rotatable bonds is 1. The topological polar surface area (TPSA) is 42.1 Å². The van der Waals surface area contributed by atoms with Gasteiger partial charge in [-0.15, -0.1) is 0 Å². The summed E-state index contributed by atoms with van der Waals surface area (Å²) in [5.41, 5.74) is 3.10. The maximum absolute atomic E-state index is 11.3. The van der Waals surface area contributed by atoms with E-state index in [2.05, 4.69) is 4.98 Å². The molecule has 0 bridgehead atoms. The van der Waals surface area contributed by atoms with Crippen molar-refractivity contribution in [2.24, 2.45) is 0 Å². The van der Waals surface area contributed by atoms with Crippen LogP contribution in [0.5, 0.6) is 0 Å². The summed E-state index contributed by atoms with van der Waals surface area (Å²) in [4.78, 5) is 14.3. The van der Waals surface area contributed by atoms with Crippen molar-refractivity contribution in [3.05, 3.63) is 23.0 Å². The smallest absolute Gasteiger partial charge is 0.354 e. The Hall–Kier alpha value is -1.25. The predicted octanol–water partition coefficient (Wildman–Crippen LogP) is 1.68. The molecular formula is C10H13NO2. The van der Waals surface area contributed by atoms with E-state index in [-0.39, 0.29) is 5.97 Å². The van der Waals surface area contributed by atoms with Crippen molar-refractivity contribution < 1.29 is 9.53 Å². The van der Waals surface area contributed by atoms with E-state index in [0.717, 1.165) is 18.4 Å². The number of nitrogens with one attached hydrogen (secondary N) is 1. The van der Waals surface area contributed by atoms with Gasteiger partial charge in [-0.05, 0) is 36.8 Å². The van der Waals surface area contributed by atoms with Crippen LogP contribution >= 0.6 is 0 Å². The highest BCUT2D eigenvalue weighted by Crippen LogP contribution is 2.24. The first-order valence-corrected chi connectivity index (χ1v) is 4.60. The van der Waals surface area contributed by atoms with Gasteiger partial charge >= 0.3 is 5.97 Å². The van der Waals surface area contributed by atoms with Gasteiger partial charge in [0, 0.05) is 6.20 Å². The van der Waals surface area contributed by atoms with Crippen LogP contribution in [-0.2, 0) is 17.6 Å². The van der Waals surface area contributed by atoms with E-state index >= 15 is 0 Å². The van der Waals surface area contributed by atoms with Gasteiger partial charge in [0.15, 0.2) is 0 Å². The molecule has 1 aliphatic carbocycles. The summed E-state index contributed by atoms with van der Waals surface area (Å²) in [5.74, 6) is -0.247. The van der Waals surface area contributed by atoms with Crippen LogP contribution in [0.2, 0.25) is 0 Å². The van der Waals surface area contributed by atoms with Crippen LogP contribution in [0.25, 0.3) is 0 Å². The zero-order valence-corrected chi connectivity index (χ0v) is 7.72. The average molecular weight is 179 g/mol. The second-order valence-corrected chi connectivity index (χ2v) is 3.37. The third-order valence-corrected chi connectivity index (χ3v) is 2.59. The van der Waals surface area contributed by atoms with Crippen molar-refractivity contribution in [3.8, 4) is 0 Å². The molecule has 0 unspecified atom stereocenters. The Labute approximate surface area is 77.1 Å². The SMILES string of the molecule is COC(=O)c1[nH]cc2c1CCCC2. The van der Waals surface area contributed by atoms with Gasteiger partial charge in [0.2, 0.25) is 0 Å². The number of aromatic nitrogens is 1. The van der Waals surface area contributed by atoms with Gasteiger partial charge in [0.05, 0.1) is 7.11 Å². The van der Waals surface area contributed by atoms with Crippen LogP contribution < -0.4 is 0 Å². The lowest BCUT2D eigenvalue weighted by molar-refractivity contribution is 0.0593. The summed E-state index contributed by atoms with van der Waals surface area (Å²) >= 11 is 0. The first-order valence-electron chi connectivity index (χ1n) is 4.60. The summed E-state index contributed by atoms with van der Waals surface area (Å²) in [6.45, 7) is 0. The van der Waals surface area contributed by atoms with Gasteiger partial charge < -0.3 is 9.72 Å². The lowest BCUT2D eigenvalue weighted by atomic mass is 9.94. The van der Waals surface area contributed by atoms with Gasteiger partial charge in [-0.1, -0.05) is 0 Å². The molecular weight excluding hydrogens is 166 g/mol. The molecule has 1 N–H and O–H groups in total. The van der Waals surface area contributed by atoms with Crippen molar-refractivity contribution in [2.45, 2.75) is 25.7 Å². The molecule has 0 amide bonds. The molecule has 1 aromatic heterocycles. The van der Waals surface area contributed by atoms with E-state index in [1.165, 1.54) is 25.5 Å². The summed E-state index contributed by atoms with van der Waals surface area (Å²) in [6, 6.07) is 0. The maximum atomic E-state index is 11.3. The number of carbonyl (C=O) groups is 1. The highest BCUT2D eigenvalue weighted by atomic mass is 16.5. The molecule has 0 saturated carbocycles. The predicted molar refractivity (Wildman–Crippen MR) is 48.8 cm³/mol. The van der Waals surface area contributed by atoms with E-state index in [9.17, 15) is 4.79 Å². The Morgan fingerprint density at radius 3 is 3.00 bits per heavy atom. The molecule has 0 fully saturated rings. The van der Waals surface area contributed by atoms with E-state index in [0.29, 0.717) is 5.69 Å². The normalized spacial score (nSPS) is 15.2. The number of H-pyrrole nitrogens is 1.